The summed E-state index contributed by atoms with van der Waals surface area (Å²) in [5, 5.41) is 8.66. The molecule has 3 nitrogen and oxygen atoms in total. The Morgan fingerprint density at radius 1 is 1.32 bits per heavy atom. The van der Waals surface area contributed by atoms with Crippen molar-refractivity contribution in [3.05, 3.63) is 35.4 Å². The zero-order valence-electron chi connectivity index (χ0n) is 11.6. The van der Waals surface area contributed by atoms with Gasteiger partial charge in [-0.15, -0.1) is 0 Å². The topological polar surface area (TPSA) is 40.5 Å². The van der Waals surface area contributed by atoms with Crippen molar-refractivity contribution in [1.82, 2.24) is 4.90 Å². The summed E-state index contributed by atoms with van der Waals surface area (Å²) in [4.78, 5) is 13.0. The van der Waals surface area contributed by atoms with Crippen LogP contribution in [0.2, 0.25) is 0 Å². The highest BCUT2D eigenvalue weighted by Crippen LogP contribution is 2.18. The average Bonchev–Trinajstić information content (AvgIpc) is 2.38. The molecule has 1 aliphatic rings. The zero-order chi connectivity index (χ0) is 13.7. The molecule has 0 spiro atoms. The van der Waals surface area contributed by atoms with Crippen LogP contribution < -0.4 is 0 Å². The first-order valence-corrected chi connectivity index (χ1v) is 7.15. The molecule has 1 atom stereocenters. The van der Waals surface area contributed by atoms with Crippen LogP contribution in [0.1, 0.15) is 37.3 Å². The van der Waals surface area contributed by atoms with Crippen LogP contribution >= 0.6 is 0 Å². The Morgan fingerprint density at radius 2 is 2.00 bits per heavy atom. The number of benzene rings is 1. The van der Waals surface area contributed by atoms with Crippen LogP contribution in [0.15, 0.2) is 24.3 Å². The van der Waals surface area contributed by atoms with Crippen molar-refractivity contribution in [2.75, 3.05) is 13.1 Å². The molecule has 0 saturated carbocycles. The van der Waals surface area contributed by atoms with E-state index in [1.54, 1.807) is 0 Å². The maximum Gasteiger partial charge on any atom is 0.303 e. The number of aliphatic carboxylic acids is 1. The van der Waals surface area contributed by atoms with Gasteiger partial charge in [0.15, 0.2) is 0 Å². The van der Waals surface area contributed by atoms with E-state index in [4.69, 9.17) is 5.11 Å². The van der Waals surface area contributed by atoms with Crippen LogP contribution in [-0.4, -0.2) is 29.1 Å². The summed E-state index contributed by atoms with van der Waals surface area (Å²) < 4.78 is 0. The molecule has 0 bridgehead atoms. The lowest BCUT2D eigenvalue weighted by Gasteiger charge is -2.30. The highest BCUT2D eigenvalue weighted by Gasteiger charge is 2.15. The Morgan fingerprint density at radius 3 is 2.63 bits per heavy atom. The van der Waals surface area contributed by atoms with Crippen LogP contribution in [-0.2, 0) is 17.8 Å². The predicted molar refractivity (Wildman–Crippen MR) is 76.1 cm³/mol. The molecule has 1 saturated heterocycles. The van der Waals surface area contributed by atoms with Gasteiger partial charge in [0.05, 0.1) is 0 Å². The summed E-state index contributed by atoms with van der Waals surface area (Å²) in [5.41, 5.74) is 2.44. The van der Waals surface area contributed by atoms with Gasteiger partial charge in [-0.3, -0.25) is 9.69 Å². The van der Waals surface area contributed by atoms with E-state index in [-0.39, 0.29) is 6.42 Å². The fourth-order valence-corrected chi connectivity index (χ4v) is 2.75. The number of piperidine rings is 1. The van der Waals surface area contributed by atoms with Gasteiger partial charge in [0.1, 0.15) is 0 Å². The highest BCUT2D eigenvalue weighted by atomic mass is 16.4. The van der Waals surface area contributed by atoms with Crippen LogP contribution in [0.5, 0.6) is 0 Å². The van der Waals surface area contributed by atoms with E-state index in [1.807, 2.05) is 0 Å². The number of carboxylic acid groups (broad SMARTS) is 1. The van der Waals surface area contributed by atoms with Crippen molar-refractivity contribution in [1.29, 1.82) is 0 Å². The maximum atomic E-state index is 10.5. The Balaban J connectivity index is 1.85. The SMILES string of the molecule is CC1CCCN(Cc2ccc(CCC(=O)O)cc2)C1. The lowest BCUT2D eigenvalue weighted by molar-refractivity contribution is -0.136. The first-order chi connectivity index (χ1) is 9.13. The lowest BCUT2D eigenvalue weighted by atomic mass is 9.99. The van der Waals surface area contributed by atoms with Gasteiger partial charge in [-0.2, -0.15) is 0 Å². The lowest BCUT2D eigenvalue weighted by Crippen LogP contribution is -2.33. The minimum Gasteiger partial charge on any atom is -0.481 e. The number of aryl methyl sites for hydroxylation is 1. The smallest absolute Gasteiger partial charge is 0.303 e. The van der Waals surface area contributed by atoms with E-state index in [0.717, 1.165) is 18.0 Å². The summed E-state index contributed by atoms with van der Waals surface area (Å²) in [7, 11) is 0. The number of hydrogen-bond acceptors (Lipinski definition) is 2. The highest BCUT2D eigenvalue weighted by molar-refractivity contribution is 5.67. The molecule has 1 unspecified atom stereocenters. The first kappa shape index (κ1) is 14.1. The van der Waals surface area contributed by atoms with Crippen LogP contribution in [0.25, 0.3) is 0 Å². The van der Waals surface area contributed by atoms with Gasteiger partial charge >= 0.3 is 5.97 Å². The van der Waals surface area contributed by atoms with Gasteiger partial charge in [-0.05, 0) is 42.9 Å². The van der Waals surface area contributed by atoms with Crippen LogP contribution in [0.3, 0.4) is 0 Å². The van der Waals surface area contributed by atoms with Gasteiger partial charge in [-0.1, -0.05) is 31.2 Å². The molecule has 1 N–H and O–H groups in total. The molecule has 1 fully saturated rings. The predicted octanol–water partition coefficient (Wildman–Crippen LogP) is 2.94. The minimum atomic E-state index is -0.730. The van der Waals surface area contributed by atoms with Crippen LogP contribution in [0, 0.1) is 5.92 Å². The quantitative estimate of drug-likeness (QED) is 0.886. The molecular weight excluding hydrogens is 238 g/mol. The van der Waals surface area contributed by atoms with Gasteiger partial charge in [0.25, 0.3) is 0 Å². The van der Waals surface area contributed by atoms with E-state index in [0.29, 0.717) is 6.42 Å². The Labute approximate surface area is 115 Å². The largest absolute Gasteiger partial charge is 0.481 e. The molecule has 104 valence electrons. The Bertz CT molecular complexity index is 413. The summed E-state index contributed by atoms with van der Waals surface area (Å²) in [6.07, 6.45) is 3.49. The second-order valence-electron chi connectivity index (χ2n) is 5.69. The monoisotopic (exact) mass is 261 g/mol. The Hall–Kier alpha value is -1.35. The fraction of sp³-hybridized carbons (Fsp3) is 0.562. The van der Waals surface area contributed by atoms with Gasteiger partial charge < -0.3 is 5.11 Å². The van der Waals surface area contributed by atoms with E-state index in [2.05, 4.69) is 36.1 Å². The molecular formula is C16H23NO2. The van der Waals surface area contributed by atoms with Crippen molar-refractivity contribution in [2.45, 2.75) is 39.2 Å². The standard InChI is InChI=1S/C16H23NO2/c1-13-3-2-10-17(11-13)12-15-6-4-14(5-7-15)8-9-16(18)19/h4-7,13H,2-3,8-12H2,1H3,(H,18,19). The fourth-order valence-electron chi connectivity index (χ4n) is 2.75. The van der Waals surface area contributed by atoms with E-state index in [9.17, 15) is 4.79 Å². The molecule has 0 aliphatic carbocycles. The van der Waals surface area contributed by atoms with Crippen LogP contribution in [0.4, 0.5) is 0 Å². The van der Waals surface area contributed by atoms with Gasteiger partial charge in [0, 0.05) is 19.5 Å². The third-order valence-electron chi connectivity index (χ3n) is 3.80. The molecule has 0 aromatic heterocycles. The van der Waals surface area contributed by atoms with Crippen molar-refractivity contribution in [3.63, 3.8) is 0 Å². The summed E-state index contributed by atoms with van der Waals surface area (Å²) >= 11 is 0. The molecule has 1 aliphatic heterocycles. The molecule has 1 aromatic carbocycles. The molecule has 2 rings (SSSR count). The van der Waals surface area contributed by atoms with E-state index in [1.165, 1.54) is 31.5 Å². The second kappa shape index (κ2) is 6.71. The normalized spacial score (nSPS) is 20.4. The zero-order valence-corrected chi connectivity index (χ0v) is 11.6. The molecule has 19 heavy (non-hydrogen) atoms. The van der Waals surface area contributed by atoms with E-state index < -0.39 is 5.97 Å². The third-order valence-corrected chi connectivity index (χ3v) is 3.80. The number of hydrogen-bond donors (Lipinski definition) is 1. The van der Waals surface area contributed by atoms with Gasteiger partial charge in [0.2, 0.25) is 0 Å². The number of carboxylic acids is 1. The molecule has 1 aromatic rings. The summed E-state index contributed by atoms with van der Waals surface area (Å²) in [5.74, 6) is 0.0787. The number of likely N-dealkylation sites (tertiary alicyclic amines) is 1. The molecule has 0 amide bonds. The van der Waals surface area contributed by atoms with Crippen molar-refractivity contribution in [2.24, 2.45) is 5.92 Å². The molecule has 3 heteroatoms. The third kappa shape index (κ3) is 4.67. The number of nitrogens with zero attached hydrogens (tertiary/aromatic N) is 1. The second-order valence-corrected chi connectivity index (χ2v) is 5.69. The minimum absolute atomic E-state index is 0.211. The molecule has 0 radical (unpaired) electrons. The van der Waals surface area contributed by atoms with E-state index >= 15 is 0 Å². The number of carbonyl (C=O) groups is 1. The number of rotatable bonds is 5. The van der Waals surface area contributed by atoms with Gasteiger partial charge in [-0.25, -0.2) is 0 Å². The van der Waals surface area contributed by atoms with Crippen molar-refractivity contribution < 1.29 is 9.90 Å². The Kier molecular flexibility index (Phi) is 4.97. The first-order valence-electron chi connectivity index (χ1n) is 7.15. The molecule has 1 heterocycles. The summed E-state index contributed by atoms with van der Waals surface area (Å²) in [6.45, 7) is 5.73. The van der Waals surface area contributed by atoms with Crippen molar-refractivity contribution in [3.8, 4) is 0 Å². The average molecular weight is 261 g/mol. The maximum absolute atomic E-state index is 10.5. The van der Waals surface area contributed by atoms with Crippen molar-refractivity contribution >= 4 is 5.97 Å². The summed E-state index contributed by atoms with van der Waals surface area (Å²) in [6, 6.07) is 8.39.